The van der Waals surface area contributed by atoms with Crippen LogP contribution in [0.4, 0.5) is 49.4 Å². The van der Waals surface area contributed by atoms with E-state index in [1.165, 1.54) is 6.07 Å². The van der Waals surface area contributed by atoms with Gasteiger partial charge in [-0.15, -0.1) is 0 Å². The zero-order valence-corrected chi connectivity index (χ0v) is 28.3. The topological polar surface area (TPSA) is 100 Å². The molecule has 5 N–H and O–H groups in total. The Morgan fingerprint density at radius 3 is 2.37 bits per heavy atom. The number of aryl methyl sites for hydroxylation is 1. The Morgan fingerprint density at radius 1 is 1.00 bits per heavy atom. The molecule has 17 heteroatoms. The molecule has 4 aromatic rings. The SMILES string of the molecule is Cn1c(Nc2c(Cl)ccc(CNCc3c(N)cccc3Cl)c2Cl)nc2cc(C(=O)NCCC(F)(F)F)c(N3CCC(C(F)(F)F)CC3)cc21. The number of nitrogens with zero attached hydrogens (tertiary/aromatic N) is 3. The zero-order valence-electron chi connectivity index (χ0n) is 26.0. The van der Waals surface area contributed by atoms with E-state index in [2.05, 4.69) is 20.9 Å². The average molecular weight is 751 g/mol. The maximum Gasteiger partial charge on any atom is 0.391 e. The number of amides is 1. The molecule has 8 nitrogen and oxygen atoms in total. The van der Waals surface area contributed by atoms with Crippen molar-refractivity contribution >= 4 is 74.8 Å². The molecule has 0 spiro atoms. The minimum atomic E-state index is -4.49. The lowest BCUT2D eigenvalue weighted by Gasteiger charge is -2.35. The van der Waals surface area contributed by atoms with Crippen LogP contribution in [0.5, 0.6) is 0 Å². The van der Waals surface area contributed by atoms with Gasteiger partial charge in [-0.3, -0.25) is 4.79 Å². The van der Waals surface area contributed by atoms with E-state index >= 15 is 0 Å². The second kappa shape index (κ2) is 14.7. The minimum absolute atomic E-state index is 0.00339. The molecule has 0 unspecified atom stereocenters. The van der Waals surface area contributed by atoms with Gasteiger partial charge in [0.05, 0.1) is 50.4 Å². The van der Waals surface area contributed by atoms with Crippen molar-refractivity contribution < 1.29 is 31.1 Å². The first-order valence-electron chi connectivity index (χ1n) is 15.2. The van der Waals surface area contributed by atoms with E-state index in [0.29, 0.717) is 51.1 Å². The van der Waals surface area contributed by atoms with Crippen molar-refractivity contribution in [2.45, 2.75) is 44.7 Å². The summed E-state index contributed by atoms with van der Waals surface area (Å²) >= 11 is 19.6. The largest absolute Gasteiger partial charge is 0.398 e. The number of nitrogen functional groups attached to an aromatic ring is 1. The van der Waals surface area contributed by atoms with Gasteiger partial charge in [0, 0.05) is 56.0 Å². The zero-order chi connectivity index (χ0) is 35.7. The third-order valence-electron chi connectivity index (χ3n) is 8.42. The van der Waals surface area contributed by atoms with Crippen LogP contribution >= 0.6 is 34.8 Å². The molecule has 1 aliphatic rings. The van der Waals surface area contributed by atoms with Crippen LogP contribution in [-0.2, 0) is 20.1 Å². The summed E-state index contributed by atoms with van der Waals surface area (Å²) in [7, 11) is 1.68. The number of piperidine rings is 1. The van der Waals surface area contributed by atoms with Gasteiger partial charge in [-0.1, -0.05) is 46.9 Å². The van der Waals surface area contributed by atoms with Crippen LogP contribution in [-0.4, -0.2) is 47.4 Å². The van der Waals surface area contributed by atoms with E-state index in [9.17, 15) is 31.1 Å². The van der Waals surface area contributed by atoms with Gasteiger partial charge in [0.25, 0.3) is 5.91 Å². The Balaban J connectivity index is 1.43. The Hall–Kier alpha value is -3.59. The van der Waals surface area contributed by atoms with Gasteiger partial charge in [0.1, 0.15) is 0 Å². The first-order chi connectivity index (χ1) is 23.0. The fourth-order valence-electron chi connectivity index (χ4n) is 5.69. The predicted molar refractivity (Wildman–Crippen MR) is 181 cm³/mol. The summed E-state index contributed by atoms with van der Waals surface area (Å²) in [6.07, 6.45) is -10.5. The van der Waals surface area contributed by atoms with Crippen LogP contribution in [0.15, 0.2) is 42.5 Å². The number of carbonyl (C=O) groups excluding carboxylic acids is 1. The summed E-state index contributed by atoms with van der Waals surface area (Å²) in [5.41, 5.74) is 9.47. The van der Waals surface area contributed by atoms with E-state index in [4.69, 9.17) is 40.5 Å². The van der Waals surface area contributed by atoms with Crippen molar-refractivity contribution in [3.63, 3.8) is 0 Å². The summed E-state index contributed by atoms with van der Waals surface area (Å²) in [5, 5.41) is 9.79. The molecule has 1 saturated heterocycles. The Bertz CT molecular complexity index is 1820. The van der Waals surface area contributed by atoms with Crippen molar-refractivity contribution in [2.24, 2.45) is 13.0 Å². The third kappa shape index (κ3) is 8.59. The van der Waals surface area contributed by atoms with Crippen LogP contribution < -0.4 is 26.6 Å². The van der Waals surface area contributed by atoms with E-state index in [1.807, 2.05) is 0 Å². The first-order valence-corrected chi connectivity index (χ1v) is 16.3. The minimum Gasteiger partial charge on any atom is -0.398 e. The van der Waals surface area contributed by atoms with Crippen molar-refractivity contribution in [2.75, 3.05) is 35.6 Å². The predicted octanol–water partition coefficient (Wildman–Crippen LogP) is 8.61. The maximum atomic E-state index is 13.4. The highest BCUT2D eigenvalue weighted by Gasteiger charge is 2.41. The van der Waals surface area contributed by atoms with Crippen LogP contribution in [0.2, 0.25) is 15.1 Å². The van der Waals surface area contributed by atoms with E-state index < -0.39 is 37.1 Å². The lowest BCUT2D eigenvalue weighted by Crippen LogP contribution is -2.40. The number of nitrogens with one attached hydrogen (secondary N) is 3. The van der Waals surface area contributed by atoms with Crippen LogP contribution in [0.1, 0.15) is 40.7 Å². The lowest BCUT2D eigenvalue weighted by atomic mass is 9.95. The molecule has 1 fully saturated rings. The number of hydrogen-bond acceptors (Lipinski definition) is 6. The second-order valence-corrected chi connectivity index (χ2v) is 12.9. The van der Waals surface area contributed by atoms with E-state index in [0.717, 1.165) is 5.56 Å². The number of nitrogens with two attached hydrogens (primary N) is 1. The summed E-state index contributed by atoms with van der Waals surface area (Å²) in [4.78, 5) is 19.4. The van der Waals surface area contributed by atoms with Gasteiger partial charge in [0.2, 0.25) is 5.95 Å². The highest BCUT2D eigenvalue weighted by atomic mass is 35.5. The molecule has 0 atom stereocenters. The quantitative estimate of drug-likeness (QED) is 0.0958. The fraction of sp³-hybridized carbons (Fsp3) is 0.375. The maximum absolute atomic E-state index is 13.4. The molecule has 1 aromatic heterocycles. The molecule has 1 aliphatic heterocycles. The van der Waals surface area contributed by atoms with Crippen molar-refractivity contribution in [3.05, 3.63) is 74.2 Å². The fourth-order valence-corrected chi connectivity index (χ4v) is 6.47. The van der Waals surface area contributed by atoms with Crippen molar-refractivity contribution in [1.29, 1.82) is 0 Å². The molecule has 1 amide bonds. The molecule has 5 rings (SSSR count). The molecule has 2 heterocycles. The number of benzene rings is 3. The third-order valence-corrected chi connectivity index (χ3v) is 9.52. The van der Waals surface area contributed by atoms with E-state index in [-0.39, 0.29) is 48.2 Å². The smallest absolute Gasteiger partial charge is 0.391 e. The summed E-state index contributed by atoms with van der Waals surface area (Å²) in [5.74, 6) is -2.02. The Kier molecular flexibility index (Phi) is 11.0. The molecule has 0 radical (unpaired) electrons. The molecule has 0 saturated carbocycles. The standard InChI is InChI=1S/C32H32Cl3F6N7O/c1-47-26-14-25(48-11-7-18(8-12-48)32(39,40)41)19(29(49)44-10-9-31(36,37)38)13-24(26)45-30(47)46-28-22(34)6-5-17(27(28)35)15-43-16-20-21(33)3-2-4-23(20)42/h2-6,13-14,18,43H,7-12,15-16,42H2,1H3,(H,44,49)(H,45,46). The summed E-state index contributed by atoms with van der Waals surface area (Å²) in [6.45, 7) is 0.0333. The van der Waals surface area contributed by atoms with Crippen molar-refractivity contribution in [1.82, 2.24) is 20.2 Å². The van der Waals surface area contributed by atoms with Gasteiger partial charge >= 0.3 is 12.4 Å². The summed E-state index contributed by atoms with van der Waals surface area (Å²) in [6, 6.07) is 11.7. The van der Waals surface area contributed by atoms with Gasteiger partial charge in [-0.2, -0.15) is 26.3 Å². The van der Waals surface area contributed by atoms with Gasteiger partial charge in [-0.25, -0.2) is 4.98 Å². The lowest BCUT2D eigenvalue weighted by molar-refractivity contribution is -0.179. The van der Waals surface area contributed by atoms with Crippen LogP contribution in [0.3, 0.4) is 0 Å². The number of alkyl halides is 6. The number of anilines is 4. The number of carbonyl (C=O) groups is 1. The van der Waals surface area contributed by atoms with Gasteiger partial charge < -0.3 is 31.2 Å². The van der Waals surface area contributed by atoms with Crippen molar-refractivity contribution in [3.8, 4) is 0 Å². The highest BCUT2D eigenvalue weighted by Crippen LogP contribution is 2.39. The number of imidazole rings is 1. The molecule has 264 valence electrons. The first kappa shape index (κ1) is 36.7. The van der Waals surface area contributed by atoms with Gasteiger partial charge in [-0.05, 0) is 48.7 Å². The number of hydrogen-bond donors (Lipinski definition) is 4. The highest BCUT2D eigenvalue weighted by molar-refractivity contribution is 6.39. The number of halogens is 9. The number of aromatic nitrogens is 2. The molecule has 0 aliphatic carbocycles. The van der Waals surface area contributed by atoms with Crippen LogP contribution in [0.25, 0.3) is 11.0 Å². The second-order valence-electron chi connectivity index (χ2n) is 11.7. The average Bonchev–Trinajstić information content (AvgIpc) is 3.33. The normalized spacial score (nSPS) is 14.4. The summed E-state index contributed by atoms with van der Waals surface area (Å²) < 4.78 is 80.1. The number of rotatable bonds is 10. The molecular weight excluding hydrogens is 719 g/mol. The molecule has 3 aromatic carbocycles. The molecule has 49 heavy (non-hydrogen) atoms. The van der Waals surface area contributed by atoms with Gasteiger partial charge in [0.15, 0.2) is 0 Å². The Morgan fingerprint density at radius 2 is 1.71 bits per heavy atom. The molecular formula is C32H32Cl3F6N7O. The van der Waals surface area contributed by atoms with Crippen LogP contribution in [0, 0.1) is 5.92 Å². The number of fused-ring (bicyclic) bond motifs is 1. The Labute approximate surface area is 292 Å². The molecule has 0 bridgehead atoms. The monoisotopic (exact) mass is 749 g/mol. The van der Waals surface area contributed by atoms with E-state index in [1.54, 1.807) is 52.9 Å².